The number of rotatable bonds is 6. The van der Waals surface area contributed by atoms with Gasteiger partial charge in [-0.25, -0.2) is 0 Å². The summed E-state index contributed by atoms with van der Waals surface area (Å²) >= 11 is 11.6. The molecule has 0 spiro atoms. The predicted molar refractivity (Wildman–Crippen MR) is 68.0 cm³/mol. The Kier molecular flexibility index (Phi) is 5.96. The van der Waals surface area contributed by atoms with Gasteiger partial charge in [-0.1, -0.05) is 18.5 Å². The van der Waals surface area contributed by atoms with Crippen LogP contribution in [0.25, 0.3) is 0 Å². The summed E-state index contributed by atoms with van der Waals surface area (Å²) in [5.41, 5.74) is 0.401. The summed E-state index contributed by atoms with van der Waals surface area (Å²) in [5, 5.41) is 0.326. The fourth-order valence-corrected chi connectivity index (χ4v) is 1.72. The molecule has 0 N–H and O–H groups in total. The van der Waals surface area contributed by atoms with Crippen LogP contribution in [0.3, 0.4) is 0 Å². The van der Waals surface area contributed by atoms with Gasteiger partial charge in [0.2, 0.25) is 0 Å². The molecule has 6 heteroatoms. The van der Waals surface area contributed by atoms with Crippen LogP contribution in [-0.4, -0.2) is 12.7 Å². The summed E-state index contributed by atoms with van der Waals surface area (Å²) in [4.78, 5) is 0. The van der Waals surface area contributed by atoms with E-state index in [1.54, 1.807) is 0 Å². The molecule has 1 aromatic carbocycles. The van der Waals surface area contributed by atoms with Crippen LogP contribution in [-0.2, 0) is 5.88 Å². The number of halogens is 4. The Bertz CT molecular complexity index is 400. The highest BCUT2D eigenvalue weighted by atomic mass is 35.5. The smallest absolute Gasteiger partial charge is 0.387 e. The lowest BCUT2D eigenvalue weighted by atomic mass is 10.2. The quantitative estimate of drug-likeness (QED) is 0.699. The van der Waals surface area contributed by atoms with Crippen LogP contribution in [0.1, 0.15) is 25.8 Å². The zero-order valence-corrected chi connectivity index (χ0v) is 11.6. The number of hydrogen-bond donors (Lipinski definition) is 0. The predicted octanol–water partition coefficient (Wildman–Crippen LogP) is 4.86. The molecule has 0 amide bonds. The van der Waals surface area contributed by atoms with E-state index in [4.69, 9.17) is 27.9 Å². The van der Waals surface area contributed by atoms with Gasteiger partial charge in [0.1, 0.15) is 11.5 Å². The molecule has 0 bridgehead atoms. The van der Waals surface area contributed by atoms with E-state index in [9.17, 15) is 8.78 Å². The van der Waals surface area contributed by atoms with Gasteiger partial charge in [0.15, 0.2) is 0 Å². The topological polar surface area (TPSA) is 18.5 Å². The maximum absolute atomic E-state index is 12.3. The van der Waals surface area contributed by atoms with Crippen molar-refractivity contribution in [2.24, 2.45) is 0 Å². The van der Waals surface area contributed by atoms with Crippen molar-refractivity contribution in [2.45, 2.75) is 38.9 Å². The number of benzene rings is 1. The van der Waals surface area contributed by atoms with Gasteiger partial charge in [-0.05, 0) is 19.4 Å². The molecule has 1 atom stereocenters. The van der Waals surface area contributed by atoms with Crippen LogP contribution in [0, 0.1) is 0 Å². The van der Waals surface area contributed by atoms with Crippen molar-refractivity contribution in [2.75, 3.05) is 0 Å². The van der Waals surface area contributed by atoms with E-state index in [-0.39, 0.29) is 17.7 Å². The van der Waals surface area contributed by atoms with Crippen LogP contribution in [0.15, 0.2) is 12.1 Å². The zero-order chi connectivity index (χ0) is 13.7. The molecule has 18 heavy (non-hydrogen) atoms. The Hall–Kier alpha value is -0.740. The number of alkyl halides is 3. The fourth-order valence-electron chi connectivity index (χ4n) is 1.28. The van der Waals surface area contributed by atoms with Gasteiger partial charge in [0, 0.05) is 11.6 Å². The van der Waals surface area contributed by atoms with Gasteiger partial charge in [-0.2, -0.15) is 8.78 Å². The maximum Gasteiger partial charge on any atom is 0.387 e. The second-order valence-corrected chi connectivity index (χ2v) is 4.41. The number of ether oxygens (including phenoxy) is 2. The van der Waals surface area contributed by atoms with Crippen molar-refractivity contribution in [3.63, 3.8) is 0 Å². The van der Waals surface area contributed by atoms with Gasteiger partial charge in [0.05, 0.1) is 17.0 Å². The molecule has 102 valence electrons. The third kappa shape index (κ3) is 4.18. The molecule has 0 aromatic heterocycles. The Labute approximate surface area is 115 Å². The minimum Gasteiger partial charge on any atom is -0.489 e. The fraction of sp³-hybridized carbons (Fsp3) is 0.500. The van der Waals surface area contributed by atoms with Crippen molar-refractivity contribution in [3.8, 4) is 11.5 Å². The molecule has 0 radical (unpaired) electrons. The third-order valence-corrected chi connectivity index (χ3v) is 2.96. The van der Waals surface area contributed by atoms with E-state index in [2.05, 4.69) is 4.74 Å². The minimum atomic E-state index is -2.91. The van der Waals surface area contributed by atoms with Gasteiger partial charge in [-0.3, -0.25) is 0 Å². The molecule has 0 saturated carbocycles. The molecular weight excluding hydrogens is 285 g/mol. The standard InChI is InChI=1S/C12H14Cl2F2O2/c1-3-7(2)17-11-5-10(18-12(15)16)8(6-13)4-9(11)14/h4-5,7,12H,3,6H2,1-2H3. The van der Waals surface area contributed by atoms with Crippen molar-refractivity contribution in [1.29, 1.82) is 0 Å². The molecule has 0 aliphatic rings. The van der Waals surface area contributed by atoms with Gasteiger partial charge in [-0.15, -0.1) is 11.6 Å². The summed E-state index contributed by atoms with van der Waals surface area (Å²) in [6.45, 7) is 0.895. The molecule has 2 nitrogen and oxygen atoms in total. The average Bonchev–Trinajstić information content (AvgIpc) is 2.32. The first-order valence-corrected chi connectivity index (χ1v) is 6.39. The largest absolute Gasteiger partial charge is 0.489 e. The van der Waals surface area contributed by atoms with Crippen LogP contribution in [0.5, 0.6) is 11.5 Å². The summed E-state index contributed by atoms with van der Waals surface area (Å²) in [5.74, 6) is 0.337. The minimum absolute atomic E-state index is 0.0114. The van der Waals surface area contributed by atoms with E-state index in [1.165, 1.54) is 12.1 Å². The normalized spacial score (nSPS) is 12.6. The van der Waals surface area contributed by atoms with Gasteiger partial charge in [0.25, 0.3) is 0 Å². The molecule has 0 saturated heterocycles. The van der Waals surface area contributed by atoms with E-state index in [0.29, 0.717) is 16.3 Å². The van der Waals surface area contributed by atoms with Crippen LogP contribution < -0.4 is 9.47 Å². The molecule has 1 rings (SSSR count). The molecule has 0 fully saturated rings. The SMILES string of the molecule is CCC(C)Oc1cc(OC(F)F)c(CCl)cc1Cl. The van der Waals surface area contributed by atoms with Crippen LogP contribution >= 0.6 is 23.2 Å². The van der Waals surface area contributed by atoms with E-state index in [1.807, 2.05) is 13.8 Å². The zero-order valence-electron chi connectivity index (χ0n) is 10.1. The first-order valence-electron chi connectivity index (χ1n) is 5.47. The summed E-state index contributed by atoms with van der Waals surface area (Å²) < 4.78 is 34.4. The summed E-state index contributed by atoms with van der Waals surface area (Å²) in [7, 11) is 0. The second-order valence-electron chi connectivity index (χ2n) is 3.74. The van der Waals surface area contributed by atoms with E-state index in [0.717, 1.165) is 6.42 Å². The molecule has 0 aliphatic heterocycles. The lowest BCUT2D eigenvalue weighted by Gasteiger charge is -2.17. The Morgan fingerprint density at radius 1 is 1.22 bits per heavy atom. The lowest BCUT2D eigenvalue weighted by Crippen LogP contribution is -2.11. The second kappa shape index (κ2) is 7.00. The summed E-state index contributed by atoms with van der Waals surface area (Å²) in [6, 6.07) is 2.82. The van der Waals surface area contributed by atoms with Crippen molar-refractivity contribution in [1.82, 2.24) is 0 Å². The van der Waals surface area contributed by atoms with Gasteiger partial charge >= 0.3 is 6.61 Å². The maximum atomic E-state index is 12.3. The summed E-state index contributed by atoms with van der Waals surface area (Å²) in [6.07, 6.45) is 0.710. The molecule has 0 aliphatic carbocycles. The van der Waals surface area contributed by atoms with Gasteiger partial charge < -0.3 is 9.47 Å². The lowest BCUT2D eigenvalue weighted by molar-refractivity contribution is -0.0504. The molecule has 1 aromatic rings. The van der Waals surface area contributed by atoms with E-state index < -0.39 is 6.61 Å². The highest BCUT2D eigenvalue weighted by Crippen LogP contribution is 2.35. The van der Waals surface area contributed by atoms with Crippen LogP contribution in [0.4, 0.5) is 8.78 Å². The highest BCUT2D eigenvalue weighted by Gasteiger charge is 2.15. The number of hydrogen-bond acceptors (Lipinski definition) is 2. The average molecular weight is 299 g/mol. The van der Waals surface area contributed by atoms with Crippen molar-refractivity contribution in [3.05, 3.63) is 22.7 Å². The first kappa shape index (κ1) is 15.3. The molecule has 0 heterocycles. The monoisotopic (exact) mass is 298 g/mol. The van der Waals surface area contributed by atoms with Crippen molar-refractivity contribution >= 4 is 23.2 Å². The first-order chi connectivity index (χ1) is 8.47. The third-order valence-electron chi connectivity index (χ3n) is 2.38. The van der Waals surface area contributed by atoms with Crippen molar-refractivity contribution < 1.29 is 18.3 Å². The Balaban J connectivity index is 3.04. The van der Waals surface area contributed by atoms with E-state index >= 15 is 0 Å². The molecule has 1 unspecified atom stereocenters. The highest BCUT2D eigenvalue weighted by molar-refractivity contribution is 6.32. The Morgan fingerprint density at radius 3 is 2.39 bits per heavy atom. The van der Waals surface area contributed by atoms with Crippen LogP contribution in [0.2, 0.25) is 5.02 Å². The molecular formula is C12H14Cl2F2O2. The Morgan fingerprint density at radius 2 is 1.89 bits per heavy atom.